The molecule has 2 fully saturated rings. The molecule has 13 nitrogen and oxygen atoms in total. The number of aryl methyl sites for hydroxylation is 1. The second-order valence-corrected chi connectivity index (χ2v) is 10.7. The highest BCUT2D eigenvalue weighted by Gasteiger charge is 2.47. The third kappa shape index (κ3) is 4.35. The summed E-state index contributed by atoms with van der Waals surface area (Å²) in [5.41, 5.74) is 5.51. The molecule has 0 radical (unpaired) electrons. The van der Waals surface area contributed by atoms with E-state index in [0.717, 1.165) is 17.4 Å². The molecule has 40 heavy (non-hydrogen) atoms. The number of nitrogens with one attached hydrogen (secondary N) is 2. The molecule has 2 aliphatic heterocycles. The van der Waals surface area contributed by atoms with Crippen LogP contribution >= 0.6 is 11.6 Å². The molecule has 4 aromatic rings. The van der Waals surface area contributed by atoms with Crippen molar-refractivity contribution >= 4 is 40.2 Å². The molecule has 0 unspecified atom stereocenters. The van der Waals surface area contributed by atoms with Crippen molar-refractivity contribution in [3.63, 3.8) is 0 Å². The Balaban J connectivity index is 1.29. The molecular weight excluding hydrogens is 538 g/mol. The summed E-state index contributed by atoms with van der Waals surface area (Å²) in [6.07, 6.45) is 4.90. The lowest BCUT2D eigenvalue weighted by molar-refractivity contribution is 0.0974. The van der Waals surface area contributed by atoms with Gasteiger partial charge in [-0.1, -0.05) is 17.7 Å². The van der Waals surface area contributed by atoms with E-state index in [2.05, 4.69) is 30.3 Å². The van der Waals surface area contributed by atoms with Crippen molar-refractivity contribution in [3.8, 4) is 5.69 Å². The zero-order valence-corrected chi connectivity index (χ0v) is 22.7. The lowest BCUT2D eigenvalue weighted by atomic mass is 9.73. The van der Waals surface area contributed by atoms with Crippen LogP contribution in [0.25, 0.3) is 16.9 Å². The molecule has 0 saturated carbocycles. The van der Waals surface area contributed by atoms with E-state index in [4.69, 9.17) is 22.1 Å². The number of amides is 1. The second-order valence-electron chi connectivity index (χ2n) is 10.4. The van der Waals surface area contributed by atoms with Crippen LogP contribution in [-0.2, 0) is 11.8 Å². The average molecular weight is 566 g/mol. The first-order valence-electron chi connectivity index (χ1n) is 12.9. The highest BCUT2D eigenvalue weighted by molar-refractivity contribution is 6.35. The van der Waals surface area contributed by atoms with Crippen molar-refractivity contribution < 1.29 is 9.53 Å². The van der Waals surface area contributed by atoms with E-state index in [0.29, 0.717) is 25.5 Å². The standard InChI is InChI=1S/C26H28ClN9O4/c1-14-21(28)26(13-40-14)7-10-35(11-8-26)18-12-29-20-22(31-18)32-25(39)36(24(20)38)17-5-3-4-15(19(17)27)30-23(37)16-6-9-34(2)33-16/h3-6,9,12,14,21H,7-8,10-11,13,28H2,1-2H3,(H,30,37)(H,31,32,39)/t14-,21+/m0/s1. The molecular formula is C26H28ClN9O4. The van der Waals surface area contributed by atoms with Crippen LogP contribution in [0.5, 0.6) is 0 Å². The number of benzene rings is 1. The van der Waals surface area contributed by atoms with Gasteiger partial charge in [0.2, 0.25) is 0 Å². The summed E-state index contributed by atoms with van der Waals surface area (Å²) in [4.78, 5) is 52.8. The molecule has 4 N–H and O–H groups in total. The first-order chi connectivity index (χ1) is 19.2. The number of aromatic nitrogens is 6. The number of piperidine rings is 1. The van der Waals surface area contributed by atoms with Gasteiger partial charge in [-0.3, -0.25) is 19.3 Å². The molecule has 2 saturated heterocycles. The number of carbonyl (C=O) groups is 1. The normalized spacial score (nSPS) is 20.4. The SMILES string of the molecule is C[C@@H]1OCC2(CCN(c3cnc4c(=O)n(-c5cccc(NC(=O)c6ccn(C)n6)c5Cl)c(=O)[nH]c4n3)CC2)[C@@H]1N. The minimum Gasteiger partial charge on any atom is -0.376 e. The Morgan fingerprint density at radius 2 is 2.02 bits per heavy atom. The Hall–Kier alpha value is -4.07. The molecule has 0 bridgehead atoms. The minimum absolute atomic E-state index is 0.00831. The fourth-order valence-electron chi connectivity index (χ4n) is 5.52. The van der Waals surface area contributed by atoms with Gasteiger partial charge in [0.05, 0.1) is 35.3 Å². The van der Waals surface area contributed by atoms with E-state index in [-0.39, 0.29) is 50.8 Å². The van der Waals surface area contributed by atoms with Crippen molar-refractivity contribution in [1.82, 2.24) is 29.3 Å². The number of nitrogens with zero attached hydrogens (tertiary/aromatic N) is 6. The van der Waals surface area contributed by atoms with Gasteiger partial charge in [-0.2, -0.15) is 5.10 Å². The van der Waals surface area contributed by atoms with E-state index in [1.807, 2.05) is 6.92 Å². The van der Waals surface area contributed by atoms with Crippen molar-refractivity contribution in [2.24, 2.45) is 18.2 Å². The van der Waals surface area contributed by atoms with E-state index >= 15 is 0 Å². The van der Waals surface area contributed by atoms with E-state index in [1.165, 1.54) is 16.9 Å². The molecule has 2 aliphatic rings. The molecule has 1 spiro atoms. The van der Waals surface area contributed by atoms with Crippen LogP contribution in [0, 0.1) is 5.41 Å². The summed E-state index contributed by atoms with van der Waals surface area (Å²) < 4.78 is 8.18. The molecule has 1 amide bonds. The number of rotatable bonds is 4. The maximum Gasteiger partial charge on any atom is 0.334 e. The Kier molecular flexibility index (Phi) is 6.44. The summed E-state index contributed by atoms with van der Waals surface area (Å²) >= 11 is 6.56. The summed E-state index contributed by atoms with van der Waals surface area (Å²) in [5, 5.41) is 6.74. The number of nitrogens with two attached hydrogens (primary N) is 1. The van der Waals surface area contributed by atoms with E-state index in [1.54, 1.807) is 31.4 Å². The van der Waals surface area contributed by atoms with Gasteiger partial charge < -0.3 is 20.7 Å². The van der Waals surface area contributed by atoms with Gasteiger partial charge in [-0.05, 0) is 38.0 Å². The largest absolute Gasteiger partial charge is 0.376 e. The van der Waals surface area contributed by atoms with Gasteiger partial charge in [0, 0.05) is 37.8 Å². The molecule has 5 heterocycles. The third-order valence-electron chi connectivity index (χ3n) is 7.94. The highest BCUT2D eigenvalue weighted by Crippen LogP contribution is 2.41. The predicted octanol–water partition coefficient (Wildman–Crippen LogP) is 1.44. The Morgan fingerprint density at radius 1 is 1.25 bits per heavy atom. The number of ether oxygens (including phenoxy) is 1. The van der Waals surface area contributed by atoms with Crippen LogP contribution < -0.4 is 27.2 Å². The minimum atomic E-state index is -0.736. The van der Waals surface area contributed by atoms with E-state index in [9.17, 15) is 14.4 Å². The molecule has 0 aliphatic carbocycles. The zero-order valence-electron chi connectivity index (χ0n) is 21.9. The number of carbonyl (C=O) groups excluding carboxylic acids is 1. The van der Waals surface area contributed by atoms with Crippen molar-refractivity contribution in [1.29, 1.82) is 0 Å². The molecule has 6 rings (SSSR count). The van der Waals surface area contributed by atoms with Gasteiger partial charge in [0.25, 0.3) is 11.5 Å². The average Bonchev–Trinajstić information content (AvgIpc) is 3.50. The number of hydrogen-bond acceptors (Lipinski definition) is 9. The van der Waals surface area contributed by atoms with E-state index < -0.39 is 17.2 Å². The van der Waals surface area contributed by atoms with Gasteiger partial charge in [-0.25, -0.2) is 19.3 Å². The molecule has 3 aromatic heterocycles. The van der Waals surface area contributed by atoms with Crippen LogP contribution in [0.4, 0.5) is 11.5 Å². The molecule has 2 atom stereocenters. The summed E-state index contributed by atoms with van der Waals surface area (Å²) in [6, 6.07) is 6.18. The first-order valence-corrected chi connectivity index (χ1v) is 13.3. The van der Waals surface area contributed by atoms with Crippen molar-refractivity contribution in [3.05, 3.63) is 68.2 Å². The number of aromatic amines is 1. The first kappa shape index (κ1) is 26.2. The molecule has 14 heteroatoms. The van der Waals surface area contributed by atoms with Crippen molar-refractivity contribution in [2.45, 2.75) is 31.9 Å². The Bertz CT molecular complexity index is 1740. The number of fused-ring (bicyclic) bond motifs is 1. The lowest BCUT2D eigenvalue weighted by Gasteiger charge is -2.41. The monoisotopic (exact) mass is 565 g/mol. The number of anilines is 2. The third-order valence-corrected chi connectivity index (χ3v) is 8.33. The number of halogens is 1. The quantitative estimate of drug-likeness (QED) is 0.332. The van der Waals surface area contributed by atoms with Crippen LogP contribution in [0.1, 0.15) is 30.3 Å². The lowest BCUT2D eigenvalue weighted by Crippen LogP contribution is -2.50. The highest BCUT2D eigenvalue weighted by atomic mass is 35.5. The smallest absolute Gasteiger partial charge is 0.334 e. The van der Waals surface area contributed by atoms with Crippen LogP contribution in [-0.4, -0.2) is 67.0 Å². The topological polar surface area (TPSA) is 166 Å². The second kappa shape index (κ2) is 9.84. The van der Waals surface area contributed by atoms with Crippen LogP contribution in [0.2, 0.25) is 5.02 Å². The molecule has 208 valence electrons. The maximum atomic E-state index is 13.4. The maximum absolute atomic E-state index is 13.4. The molecule has 1 aromatic carbocycles. The van der Waals surface area contributed by atoms with Gasteiger partial charge in [0.15, 0.2) is 16.9 Å². The fourth-order valence-corrected chi connectivity index (χ4v) is 5.77. The van der Waals surface area contributed by atoms with Gasteiger partial charge in [0.1, 0.15) is 5.82 Å². The summed E-state index contributed by atoms with van der Waals surface area (Å²) in [5.74, 6) is 0.0753. The van der Waals surface area contributed by atoms with Gasteiger partial charge in [-0.15, -0.1) is 0 Å². The summed E-state index contributed by atoms with van der Waals surface area (Å²) in [6.45, 7) is 4.07. The van der Waals surface area contributed by atoms with Crippen LogP contribution in [0.15, 0.2) is 46.2 Å². The number of H-pyrrole nitrogens is 1. The Labute approximate surface area is 232 Å². The Morgan fingerprint density at radius 3 is 2.70 bits per heavy atom. The van der Waals surface area contributed by atoms with Gasteiger partial charge >= 0.3 is 5.69 Å². The van der Waals surface area contributed by atoms with Crippen molar-refractivity contribution in [2.75, 3.05) is 29.9 Å². The predicted molar refractivity (Wildman–Crippen MR) is 149 cm³/mol. The number of hydrogen-bond donors (Lipinski definition) is 3. The fraction of sp³-hybridized carbons (Fsp3) is 0.385. The zero-order chi connectivity index (χ0) is 28.2. The van der Waals surface area contributed by atoms with Crippen LogP contribution in [0.3, 0.4) is 0 Å². The summed E-state index contributed by atoms with van der Waals surface area (Å²) in [7, 11) is 1.69.